The predicted molar refractivity (Wildman–Crippen MR) is 79.1 cm³/mol. The van der Waals surface area contributed by atoms with Crippen LogP contribution in [-0.4, -0.2) is 48.8 Å². The molecule has 1 aliphatic heterocycles. The first-order valence-corrected chi connectivity index (χ1v) is 7.24. The second-order valence-corrected chi connectivity index (χ2v) is 6.00. The summed E-state index contributed by atoms with van der Waals surface area (Å²) in [4.78, 5) is 4.79. The highest BCUT2D eigenvalue weighted by atomic mass is 79.9. The zero-order valence-corrected chi connectivity index (χ0v) is 12.6. The Morgan fingerprint density at radius 2 is 1.94 bits per heavy atom. The van der Waals surface area contributed by atoms with Gasteiger partial charge >= 0.3 is 0 Å². The molecule has 100 valence electrons. The number of rotatable bonds is 3. The highest BCUT2D eigenvalue weighted by Crippen LogP contribution is 2.25. The molecule has 18 heavy (non-hydrogen) atoms. The maximum atomic E-state index is 9.14. The molecule has 1 aliphatic rings. The Bertz CT molecular complexity index is 382. The number of aliphatic hydroxyl groups is 1. The van der Waals surface area contributed by atoms with Crippen molar-refractivity contribution in [2.24, 2.45) is 0 Å². The summed E-state index contributed by atoms with van der Waals surface area (Å²) in [7, 11) is 2.15. The first kappa shape index (κ1) is 13.8. The third kappa shape index (κ3) is 3.05. The lowest BCUT2D eigenvalue weighted by molar-refractivity contribution is 0.154. The molecule has 1 fully saturated rings. The first-order chi connectivity index (χ1) is 8.61. The topological polar surface area (TPSA) is 26.7 Å². The van der Waals surface area contributed by atoms with Crippen LogP contribution in [0.15, 0.2) is 28.7 Å². The Morgan fingerprint density at radius 3 is 2.56 bits per heavy atom. The van der Waals surface area contributed by atoms with E-state index in [0.29, 0.717) is 12.1 Å². The molecular weight excluding hydrogens is 292 g/mol. The summed E-state index contributed by atoms with van der Waals surface area (Å²) in [6.45, 7) is 4.55. The number of halogens is 1. The van der Waals surface area contributed by atoms with E-state index in [-0.39, 0.29) is 6.61 Å². The molecule has 1 heterocycles. The van der Waals surface area contributed by atoms with Gasteiger partial charge in [-0.05, 0) is 44.7 Å². The van der Waals surface area contributed by atoms with E-state index in [1.54, 1.807) is 0 Å². The fourth-order valence-electron chi connectivity index (χ4n) is 2.66. The summed E-state index contributed by atoms with van der Waals surface area (Å²) in [5.74, 6) is 0. The molecule has 0 spiro atoms. The maximum absolute atomic E-state index is 9.14. The molecular formula is C14H21BrN2O. The number of hydrogen-bond acceptors (Lipinski definition) is 3. The highest BCUT2D eigenvalue weighted by molar-refractivity contribution is 9.10. The Kier molecular flexibility index (Phi) is 4.65. The van der Waals surface area contributed by atoms with Gasteiger partial charge in [0, 0.05) is 41.9 Å². The molecule has 2 unspecified atom stereocenters. The van der Waals surface area contributed by atoms with Crippen LogP contribution in [0.4, 0.5) is 5.69 Å². The minimum atomic E-state index is 0.261. The number of piperazine rings is 1. The SMILES string of the molecule is CC1CN(C)C(CCO)CN1c1ccc(Br)cc1. The van der Waals surface area contributed by atoms with E-state index in [1.165, 1.54) is 5.69 Å². The fraction of sp³-hybridized carbons (Fsp3) is 0.571. The van der Waals surface area contributed by atoms with Gasteiger partial charge < -0.3 is 10.0 Å². The minimum Gasteiger partial charge on any atom is -0.396 e. The average molecular weight is 313 g/mol. The first-order valence-electron chi connectivity index (χ1n) is 6.45. The quantitative estimate of drug-likeness (QED) is 0.928. The zero-order chi connectivity index (χ0) is 13.1. The van der Waals surface area contributed by atoms with E-state index in [0.717, 1.165) is 24.0 Å². The Balaban J connectivity index is 2.13. The second kappa shape index (κ2) is 6.04. The van der Waals surface area contributed by atoms with Crippen LogP contribution in [0.3, 0.4) is 0 Å². The van der Waals surface area contributed by atoms with E-state index in [9.17, 15) is 0 Å². The summed E-state index contributed by atoms with van der Waals surface area (Å²) in [6, 6.07) is 9.42. The maximum Gasteiger partial charge on any atom is 0.0446 e. The molecule has 2 atom stereocenters. The molecule has 0 amide bonds. The van der Waals surface area contributed by atoms with Crippen LogP contribution in [0.5, 0.6) is 0 Å². The van der Waals surface area contributed by atoms with Crippen LogP contribution in [0, 0.1) is 0 Å². The van der Waals surface area contributed by atoms with E-state index in [1.807, 2.05) is 0 Å². The van der Waals surface area contributed by atoms with Gasteiger partial charge in [0.25, 0.3) is 0 Å². The predicted octanol–water partition coefficient (Wildman–Crippen LogP) is 2.34. The van der Waals surface area contributed by atoms with Crippen LogP contribution in [-0.2, 0) is 0 Å². The smallest absolute Gasteiger partial charge is 0.0446 e. The van der Waals surface area contributed by atoms with Gasteiger partial charge in [0.15, 0.2) is 0 Å². The number of anilines is 1. The largest absolute Gasteiger partial charge is 0.396 e. The summed E-state index contributed by atoms with van der Waals surface area (Å²) in [5.41, 5.74) is 1.27. The van der Waals surface area contributed by atoms with E-state index < -0.39 is 0 Å². The van der Waals surface area contributed by atoms with Gasteiger partial charge in [0.2, 0.25) is 0 Å². The van der Waals surface area contributed by atoms with Crippen molar-refractivity contribution in [1.29, 1.82) is 0 Å². The lowest BCUT2D eigenvalue weighted by atomic mass is 10.0. The lowest BCUT2D eigenvalue weighted by Gasteiger charge is -2.45. The van der Waals surface area contributed by atoms with Crippen molar-refractivity contribution in [3.8, 4) is 0 Å². The molecule has 4 heteroatoms. The van der Waals surface area contributed by atoms with Crippen LogP contribution >= 0.6 is 15.9 Å². The van der Waals surface area contributed by atoms with E-state index in [2.05, 4.69) is 64.0 Å². The van der Waals surface area contributed by atoms with Crippen LogP contribution in [0.25, 0.3) is 0 Å². The third-order valence-corrected chi connectivity index (χ3v) is 4.26. The molecule has 0 aromatic heterocycles. The number of hydrogen-bond donors (Lipinski definition) is 1. The molecule has 1 saturated heterocycles. The summed E-state index contributed by atoms with van der Waals surface area (Å²) >= 11 is 3.47. The molecule has 1 N–H and O–H groups in total. The second-order valence-electron chi connectivity index (χ2n) is 5.08. The molecule has 3 nitrogen and oxygen atoms in total. The van der Waals surface area contributed by atoms with Gasteiger partial charge in [0.05, 0.1) is 0 Å². The van der Waals surface area contributed by atoms with Crippen molar-refractivity contribution in [3.63, 3.8) is 0 Å². The van der Waals surface area contributed by atoms with Crippen molar-refractivity contribution < 1.29 is 5.11 Å². The van der Waals surface area contributed by atoms with Gasteiger partial charge in [-0.25, -0.2) is 0 Å². The summed E-state index contributed by atoms with van der Waals surface area (Å²) < 4.78 is 1.11. The summed E-state index contributed by atoms with van der Waals surface area (Å²) in [6.07, 6.45) is 0.844. The number of benzene rings is 1. The molecule has 0 radical (unpaired) electrons. The van der Waals surface area contributed by atoms with E-state index >= 15 is 0 Å². The monoisotopic (exact) mass is 312 g/mol. The van der Waals surface area contributed by atoms with Gasteiger partial charge in [-0.2, -0.15) is 0 Å². The van der Waals surface area contributed by atoms with Crippen molar-refractivity contribution in [2.75, 3.05) is 31.6 Å². The zero-order valence-electron chi connectivity index (χ0n) is 11.0. The number of nitrogens with zero attached hydrogens (tertiary/aromatic N) is 2. The Morgan fingerprint density at radius 1 is 1.28 bits per heavy atom. The summed E-state index contributed by atoms with van der Waals surface area (Å²) in [5, 5.41) is 9.14. The van der Waals surface area contributed by atoms with Crippen LogP contribution in [0.2, 0.25) is 0 Å². The standard InChI is InChI=1S/C14H21BrN2O/c1-11-9-16(2)14(7-8-18)10-17(11)13-5-3-12(15)4-6-13/h3-6,11,14,18H,7-10H2,1-2H3. The van der Waals surface area contributed by atoms with Crippen LogP contribution < -0.4 is 4.90 Å². The molecule has 1 aromatic rings. The fourth-order valence-corrected chi connectivity index (χ4v) is 2.93. The number of aliphatic hydroxyl groups excluding tert-OH is 1. The van der Waals surface area contributed by atoms with Gasteiger partial charge in [0.1, 0.15) is 0 Å². The minimum absolute atomic E-state index is 0.261. The van der Waals surface area contributed by atoms with Crippen molar-refractivity contribution in [2.45, 2.75) is 25.4 Å². The molecule has 2 rings (SSSR count). The molecule has 0 saturated carbocycles. The van der Waals surface area contributed by atoms with Gasteiger partial charge in [-0.3, -0.25) is 4.90 Å². The highest BCUT2D eigenvalue weighted by Gasteiger charge is 2.28. The van der Waals surface area contributed by atoms with Crippen molar-refractivity contribution in [1.82, 2.24) is 4.90 Å². The van der Waals surface area contributed by atoms with Gasteiger partial charge in [-0.1, -0.05) is 15.9 Å². The van der Waals surface area contributed by atoms with Gasteiger partial charge in [-0.15, -0.1) is 0 Å². The van der Waals surface area contributed by atoms with E-state index in [4.69, 9.17) is 5.11 Å². The molecule has 0 bridgehead atoms. The third-order valence-electron chi connectivity index (χ3n) is 3.74. The van der Waals surface area contributed by atoms with Crippen molar-refractivity contribution in [3.05, 3.63) is 28.7 Å². The Labute approximate surface area is 118 Å². The van der Waals surface area contributed by atoms with Crippen LogP contribution in [0.1, 0.15) is 13.3 Å². The molecule has 1 aromatic carbocycles. The van der Waals surface area contributed by atoms with Crippen molar-refractivity contribution >= 4 is 21.6 Å². The lowest BCUT2D eigenvalue weighted by Crippen LogP contribution is -2.56. The number of likely N-dealkylation sites (N-methyl/N-ethyl adjacent to an activating group) is 1. The normalized spacial score (nSPS) is 25.4. The molecule has 0 aliphatic carbocycles. The Hall–Kier alpha value is -0.580. The average Bonchev–Trinajstić information content (AvgIpc) is 2.34.